The van der Waals surface area contributed by atoms with Gasteiger partial charge in [0.05, 0.1) is 13.2 Å². The molecule has 236 valence electrons. The summed E-state index contributed by atoms with van der Waals surface area (Å²) in [5.41, 5.74) is 0. The number of hydrogen-bond acceptors (Lipinski definition) is 6. The van der Waals surface area contributed by atoms with E-state index in [1.54, 1.807) is 0 Å². The maximum Gasteiger partial charge on any atom is 0.376 e. The van der Waals surface area contributed by atoms with Crippen molar-refractivity contribution in [1.29, 1.82) is 0 Å². The number of alkyl halides is 2. The third-order valence-electron chi connectivity index (χ3n) is 10.6. The number of halogens is 2. The van der Waals surface area contributed by atoms with E-state index in [2.05, 4.69) is 59.4 Å². The highest BCUT2D eigenvalue weighted by Crippen LogP contribution is 2.47. The summed E-state index contributed by atoms with van der Waals surface area (Å²) >= 11 is 0. The van der Waals surface area contributed by atoms with Crippen LogP contribution in [0.5, 0.6) is 0 Å². The zero-order valence-corrected chi connectivity index (χ0v) is 27.6. The molecule has 6 nitrogen and oxygen atoms in total. The third kappa shape index (κ3) is 9.19. The number of unbranched alkanes of at least 4 members (excludes halogenated alkanes) is 2. The van der Waals surface area contributed by atoms with E-state index in [9.17, 15) is 23.8 Å². The summed E-state index contributed by atoms with van der Waals surface area (Å²) in [7, 11) is -0.686. The molecule has 40 heavy (non-hydrogen) atoms. The van der Waals surface area contributed by atoms with Crippen molar-refractivity contribution >= 4 is 14.3 Å². The van der Waals surface area contributed by atoms with Crippen LogP contribution in [0.15, 0.2) is 0 Å². The van der Waals surface area contributed by atoms with Crippen LogP contribution in [-0.2, 0) is 18.7 Å². The van der Waals surface area contributed by atoms with Gasteiger partial charge < -0.3 is 24.1 Å². The molecule has 0 radical (unpaired) electrons. The van der Waals surface area contributed by atoms with E-state index in [0.717, 1.165) is 45.8 Å². The van der Waals surface area contributed by atoms with Gasteiger partial charge in [-0.3, -0.25) is 0 Å². The fourth-order valence-electron chi connectivity index (χ4n) is 6.94. The molecule has 0 aromatic heterocycles. The van der Waals surface area contributed by atoms with Gasteiger partial charge in [0.25, 0.3) is 0 Å². The Labute approximate surface area is 243 Å². The van der Waals surface area contributed by atoms with Crippen molar-refractivity contribution in [2.45, 2.75) is 129 Å². The van der Waals surface area contributed by atoms with Crippen LogP contribution < -0.4 is 0 Å². The summed E-state index contributed by atoms with van der Waals surface area (Å²) < 4.78 is 42.6. The van der Waals surface area contributed by atoms with E-state index in [0.29, 0.717) is 54.3 Å². The maximum absolute atomic E-state index is 13.3. The van der Waals surface area contributed by atoms with Crippen LogP contribution in [-0.4, -0.2) is 63.1 Å². The highest BCUT2D eigenvalue weighted by molar-refractivity contribution is 6.74. The lowest BCUT2D eigenvalue weighted by atomic mass is 9.84. The zero-order chi connectivity index (χ0) is 30.5. The Morgan fingerprint density at radius 2 is 1.55 bits per heavy atom. The summed E-state index contributed by atoms with van der Waals surface area (Å²) in [5, 5.41) is 19.4. The monoisotopic (exact) mass is 592 g/mol. The maximum atomic E-state index is 13.3. The van der Waals surface area contributed by atoms with Gasteiger partial charge >= 0.3 is 11.9 Å². The first-order valence-corrected chi connectivity index (χ1v) is 18.4. The quantitative estimate of drug-likeness (QED) is 0.152. The molecule has 9 heteroatoms. The van der Waals surface area contributed by atoms with Gasteiger partial charge in [-0.15, -0.1) is 0 Å². The number of methoxy groups -OCH3 is 1. The minimum Gasteiger partial charge on any atom is -0.465 e. The van der Waals surface area contributed by atoms with Crippen molar-refractivity contribution < 1.29 is 37.7 Å². The van der Waals surface area contributed by atoms with Crippen molar-refractivity contribution in [1.82, 2.24) is 0 Å². The molecule has 0 bridgehead atoms. The topological polar surface area (TPSA) is 85.2 Å². The number of aliphatic hydroxyl groups is 2. The molecule has 2 N–H and O–H groups in total. The van der Waals surface area contributed by atoms with Gasteiger partial charge in [0.2, 0.25) is 0 Å². The van der Waals surface area contributed by atoms with E-state index in [1.165, 1.54) is 0 Å². The van der Waals surface area contributed by atoms with Gasteiger partial charge in [0.15, 0.2) is 14.6 Å². The van der Waals surface area contributed by atoms with E-state index < -0.39 is 32.9 Å². The fraction of sp³-hybridized carbons (Fsp3) is 0.968. The molecule has 1 aliphatic heterocycles. The van der Waals surface area contributed by atoms with Gasteiger partial charge in [-0.1, -0.05) is 54.4 Å². The van der Waals surface area contributed by atoms with Crippen molar-refractivity contribution in [3.63, 3.8) is 0 Å². The molecule has 0 aromatic rings. The highest BCUT2D eigenvalue weighted by atomic mass is 28.4. The number of esters is 1. The van der Waals surface area contributed by atoms with Crippen LogP contribution >= 0.6 is 0 Å². The zero-order valence-electron chi connectivity index (χ0n) is 26.6. The first-order chi connectivity index (χ1) is 18.4. The normalized spacial score (nSPS) is 34.4. The number of aliphatic hydroxyl groups excluding tert-OH is 2. The molecule has 1 heterocycles. The smallest absolute Gasteiger partial charge is 0.376 e. The van der Waals surface area contributed by atoms with Crippen LogP contribution in [0.3, 0.4) is 0 Å². The average molecular weight is 593 g/mol. The minimum atomic E-state index is -3.36. The minimum absolute atomic E-state index is 0.219. The Kier molecular flexibility index (Phi) is 13.1. The first kappa shape index (κ1) is 35.6. The highest BCUT2D eigenvalue weighted by Gasteiger charge is 2.49. The second-order valence-electron chi connectivity index (χ2n) is 14.5. The molecular weight excluding hydrogens is 534 g/mol. The van der Waals surface area contributed by atoms with Crippen molar-refractivity contribution in [2.24, 2.45) is 41.4 Å². The predicted molar refractivity (Wildman–Crippen MR) is 156 cm³/mol. The summed E-state index contributed by atoms with van der Waals surface area (Å²) in [5.74, 6) is -1.15. The second kappa shape index (κ2) is 14.7. The molecular formula is C31H58F2O6Si. The molecule has 3 fully saturated rings. The number of ether oxygens (including phenoxy) is 2. The molecule has 3 rings (SSSR count). The van der Waals surface area contributed by atoms with Gasteiger partial charge in [0, 0.05) is 26.1 Å². The van der Waals surface area contributed by atoms with E-state index in [-0.39, 0.29) is 17.7 Å². The number of rotatable bonds is 11. The molecule has 0 spiro atoms. The number of carbonyl (C=O) groups excluding carboxylic acids is 1. The van der Waals surface area contributed by atoms with Crippen LogP contribution in [0.25, 0.3) is 0 Å². The lowest BCUT2D eigenvalue weighted by Gasteiger charge is -2.38. The molecule has 3 aliphatic rings. The Bertz CT molecular complexity index is 788. The number of hydrogen-bond donors (Lipinski definition) is 2. The van der Waals surface area contributed by atoms with Gasteiger partial charge in [0.1, 0.15) is 0 Å². The molecule has 2 aliphatic carbocycles. The Morgan fingerprint density at radius 1 is 0.950 bits per heavy atom. The SMILES string of the molecule is COC(=O)C(F)(F)CCCCC[C@@H]1[C@@H](CO)[C@H](C)C[C@@H]1C.C[C@@H]1C[C@@H]2OC(O)C[C@@H]2[C@H]1CO[Si](C)(C)C(C)(C)C. The third-order valence-corrected chi connectivity index (χ3v) is 15.1. The second-order valence-corrected chi connectivity index (χ2v) is 19.3. The van der Waals surface area contributed by atoms with Crippen molar-refractivity contribution in [2.75, 3.05) is 20.3 Å². The van der Waals surface area contributed by atoms with E-state index >= 15 is 0 Å². The first-order valence-electron chi connectivity index (χ1n) is 15.5. The summed E-state index contributed by atoms with van der Waals surface area (Å²) in [6.45, 7) is 19.2. The summed E-state index contributed by atoms with van der Waals surface area (Å²) in [6.07, 6.45) is 5.13. The van der Waals surface area contributed by atoms with Gasteiger partial charge in [-0.25, -0.2) is 4.79 Å². The van der Waals surface area contributed by atoms with E-state index in [4.69, 9.17) is 9.16 Å². The number of fused-ring (bicyclic) bond motifs is 1. The average Bonchev–Trinajstić information content (AvgIpc) is 3.44. The van der Waals surface area contributed by atoms with Crippen LogP contribution in [0.2, 0.25) is 18.1 Å². The van der Waals surface area contributed by atoms with E-state index in [1.807, 2.05) is 0 Å². The molecule has 1 unspecified atom stereocenters. The van der Waals surface area contributed by atoms with Crippen molar-refractivity contribution in [3.05, 3.63) is 0 Å². The Balaban J connectivity index is 0.000000281. The summed E-state index contributed by atoms with van der Waals surface area (Å²) in [4.78, 5) is 10.9. The predicted octanol–water partition coefficient (Wildman–Crippen LogP) is 7.03. The molecule has 0 aromatic carbocycles. The standard InChI is InChI=1S/C16H28F2O3.C15H30O3Si/c1-11-9-12(2)14(10-19)13(11)7-5-4-6-8-16(17,18)15(20)21-3;1-10-7-13-11(8-14(16)18-13)12(10)9-17-19(5,6)15(2,3)4/h11-14,19H,4-10H2,1-3H3;10-14,16H,7-9H2,1-6H3/t11-,12+,13-,14-;10-,11-,12+,13+,14?/m01/s1. The van der Waals surface area contributed by atoms with Crippen LogP contribution in [0, 0.1) is 41.4 Å². The molecule has 2 saturated carbocycles. The van der Waals surface area contributed by atoms with Crippen molar-refractivity contribution in [3.8, 4) is 0 Å². The Hall–Kier alpha value is -0.613. The van der Waals surface area contributed by atoms with Gasteiger partial charge in [-0.2, -0.15) is 8.78 Å². The fourth-order valence-corrected chi connectivity index (χ4v) is 7.99. The molecule has 9 atom stereocenters. The molecule has 0 amide bonds. The lowest BCUT2D eigenvalue weighted by Crippen LogP contribution is -2.42. The largest absolute Gasteiger partial charge is 0.465 e. The van der Waals surface area contributed by atoms with Crippen LogP contribution in [0.1, 0.15) is 92.9 Å². The van der Waals surface area contributed by atoms with Crippen LogP contribution in [0.4, 0.5) is 8.78 Å². The number of carbonyl (C=O) groups is 1. The summed E-state index contributed by atoms with van der Waals surface area (Å²) in [6, 6.07) is 0. The van der Waals surface area contributed by atoms with Gasteiger partial charge in [-0.05, 0) is 85.2 Å². The molecule has 1 saturated heterocycles. The Morgan fingerprint density at radius 3 is 2.12 bits per heavy atom. The lowest BCUT2D eigenvalue weighted by molar-refractivity contribution is -0.169.